The lowest BCUT2D eigenvalue weighted by Gasteiger charge is -2.29. The molecule has 17 heavy (non-hydrogen) atoms. The molecule has 0 aliphatic carbocycles. The molecular weight excluding hydrogens is 234 g/mol. The second-order valence-electron chi connectivity index (χ2n) is 4.83. The molecule has 1 aromatic rings. The Bertz CT molecular complexity index is 353. The molecule has 0 radical (unpaired) electrons. The van der Waals surface area contributed by atoms with E-state index in [0.29, 0.717) is 5.02 Å². The smallest absolute Gasteiger partial charge is 0.0763 e. The second kappa shape index (κ2) is 5.61. The van der Waals surface area contributed by atoms with Crippen LogP contribution in [-0.2, 0) is 0 Å². The largest absolute Gasteiger partial charge is 0.397 e. The van der Waals surface area contributed by atoms with Gasteiger partial charge in [-0.2, -0.15) is 0 Å². The summed E-state index contributed by atoms with van der Waals surface area (Å²) in [6.45, 7) is 3.33. The molecule has 1 aliphatic rings. The zero-order chi connectivity index (χ0) is 12.3. The van der Waals surface area contributed by atoms with Crippen LogP contribution in [0.3, 0.4) is 0 Å². The van der Waals surface area contributed by atoms with E-state index in [1.807, 2.05) is 18.2 Å². The van der Waals surface area contributed by atoms with Gasteiger partial charge in [0.25, 0.3) is 0 Å². The Morgan fingerprint density at radius 3 is 2.76 bits per heavy atom. The third-order valence-corrected chi connectivity index (χ3v) is 3.77. The number of rotatable bonds is 3. The van der Waals surface area contributed by atoms with E-state index in [2.05, 4.69) is 17.3 Å². The third-order valence-electron chi connectivity index (χ3n) is 3.45. The number of nitrogens with one attached hydrogen (secondary N) is 1. The SMILES string of the molecule is CN1CCC(CNc2c(N)cccc2Cl)CC1. The molecule has 0 saturated carbocycles. The van der Waals surface area contributed by atoms with E-state index in [4.69, 9.17) is 17.3 Å². The van der Waals surface area contributed by atoms with Gasteiger partial charge in [0, 0.05) is 6.54 Å². The first-order valence-corrected chi connectivity index (χ1v) is 6.51. The van der Waals surface area contributed by atoms with Gasteiger partial charge in [-0.05, 0) is 51.0 Å². The van der Waals surface area contributed by atoms with Crippen LogP contribution in [0.25, 0.3) is 0 Å². The van der Waals surface area contributed by atoms with E-state index in [1.54, 1.807) is 0 Å². The fourth-order valence-corrected chi connectivity index (χ4v) is 2.49. The molecule has 0 amide bonds. The second-order valence-corrected chi connectivity index (χ2v) is 5.24. The average molecular weight is 254 g/mol. The van der Waals surface area contributed by atoms with E-state index in [-0.39, 0.29) is 0 Å². The molecule has 0 bridgehead atoms. The lowest BCUT2D eigenvalue weighted by atomic mass is 9.97. The molecular formula is C13H20ClN3. The Morgan fingerprint density at radius 1 is 1.41 bits per heavy atom. The van der Waals surface area contributed by atoms with Gasteiger partial charge in [0.05, 0.1) is 16.4 Å². The highest BCUT2D eigenvalue weighted by atomic mass is 35.5. The molecule has 1 heterocycles. The number of nitrogens with two attached hydrogens (primary N) is 1. The Morgan fingerprint density at radius 2 is 2.12 bits per heavy atom. The molecule has 1 fully saturated rings. The van der Waals surface area contributed by atoms with Crippen LogP contribution in [0.1, 0.15) is 12.8 Å². The van der Waals surface area contributed by atoms with Crippen molar-refractivity contribution in [3.05, 3.63) is 23.2 Å². The van der Waals surface area contributed by atoms with Crippen molar-refractivity contribution in [2.24, 2.45) is 5.92 Å². The number of anilines is 2. The number of likely N-dealkylation sites (tertiary alicyclic amines) is 1. The minimum absolute atomic E-state index is 0.706. The zero-order valence-corrected chi connectivity index (χ0v) is 11.0. The van der Waals surface area contributed by atoms with Crippen LogP contribution in [0.2, 0.25) is 5.02 Å². The van der Waals surface area contributed by atoms with Crippen LogP contribution in [0.4, 0.5) is 11.4 Å². The van der Waals surface area contributed by atoms with Crippen LogP contribution < -0.4 is 11.1 Å². The summed E-state index contributed by atoms with van der Waals surface area (Å²) in [4.78, 5) is 2.38. The first kappa shape index (κ1) is 12.5. The summed E-state index contributed by atoms with van der Waals surface area (Å²) in [6, 6.07) is 5.62. The molecule has 0 aromatic heterocycles. The first-order chi connectivity index (χ1) is 8.16. The zero-order valence-electron chi connectivity index (χ0n) is 10.2. The summed E-state index contributed by atoms with van der Waals surface area (Å²) in [5.74, 6) is 0.724. The predicted molar refractivity (Wildman–Crippen MR) is 74.6 cm³/mol. The summed E-state index contributed by atoms with van der Waals surface area (Å²) in [5, 5.41) is 4.10. The number of nitrogens with zero attached hydrogens (tertiary/aromatic N) is 1. The highest BCUT2D eigenvalue weighted by molar-refractivity contribution is 6.33. The number of hydrogen-bond acceptors (Lipinski definition) is 3. The predicted octanol–water partition coefficient (Wildman–Crippen LogP) is 2.68. The molecule has 2 rings (SSSR count). The Balaban J connectivity index is 1.89. The molecule has 0 unspecified atom stereocenters. The van der Waals surface area contributed by atoms with Gasteiger partial charge in [-0.15, -0.1) is 0 Å². The quantitative estimate of drug-likeness (QED) is 0.814. The number of para-hydroxylation sites is 1. The minimum Gasteiger partial charge on any atom is -0.397 e. The Labute approximate surface area is 108 Å². The van der Waals surface area contributed by atoms with Gasteiger partial charge in [-0.1, -0.05) is 17.7 Å². The van der Waals surface area contributed by atoms with E-state index in [1.165, 1.54) is 25.9 Å². The highest BCUT2D eigenvalue weighted by Crippen LogP contribution is 2.28. The normalized spacial score (nSPS) is 18.2. The van der Waals surface area contributed by atoms with Crippen LogP contribution in [0.15, 0.2) is 18.2 Å². The van der Waals surface area contributed by atoms with Gasteiger partial charge >= 0.3 is 0 Å². The van der Waals surface area contributed by atoms with Gasteiger partial charge in [-0.25, -0.2) is 0 Å². The fourth-order valence-electron chi connectivity index (χ4n) is 2.24. The molecule has 0 atom stereocenters. The van der Waals surface area contributed by atoms with Crippen LogP contribution in [0.5, 0.6) is 0 Å². The molecule has 3 N–H and O–H groups in total. The van der Waals surface area contributed by atoms with E-state index < -0.39 is 0 Å². The maximum atomic E-state index is 6.12. The van der Waals surface area contributed by atoms with Crippen molar-refractivity contribution in [2.45, 2.75) is 12.8 Å². The molecule has 1 aromatic carbocycles. The number of piperidine rings is 1. The van der Waals surface area contributed by atoms with Crippen molar-refractivity contribution in [2.75, 3.05) is 37.7 Å². The maximum Gasteiger partial charge on any atom is 0.0763 e. The Hall–Kier alpha value is -0.930. The molecule has 1 aliphatic heterocycles. The molecule has 94 valence electrons. The average Bonchev–Trinajstić information content (AvgIpc) is 2.31. The monoisotopic (exact) mass is 253 g/mol. The van der Waals surface area contributed by atoms with Crippen molar-refractivity contribution in [3.63, 3.8) is 0 Å². The summed E-state index contributed by atoms with van der Waals surface area (Å²) < 4.78 is 0. The lowest BCUT2D eigenvalue weighted by molar-refractivity contribution is 0.226. The Kier molecular flexibility index (Phi) is 4.13. The molecule has 0 spiro atoms. The van der Waals surface area contributed by atoms with Gasteiger partial charge in [0.1, 0.15) is 0 Å². The summed E-state index contributed by atoms with van der Waals surface area (Å²) >= 11 is 6.12. The molecule has 1 saturated heterocycles. The van der Waals surface area contributed by atoms with Gasteiger partial charge < -0.3 is 16.0 Å². The topological polar surface area (TPSA) is 41.3 Å². The fraction of sp³-hybridized carbons (Fsp3) is 0.538. The van der Waals surface area contributed by atoms with Crippen molar-refractivity contribution in [1.82, 2.24) is 4.90 Å². The van der Waals surface area contributed by atoms with Crippen LogP contribution >= 0.6 is 11.6 Å². The van der Waals surface area contributed by atoms with E-state index >= 15 is 0 Å². The lowest BCUT2D eigenvalue weighted by Crippen LogP contribution is -2.33. The third kappa shape index (κ3) is 3.27. The van der Waals surface area contributed by atoms with Gasteiger partial charge in [0.2, 0.25) is 0 Å². The standard InChI is InChI=1S/C13H20ClN3/c1-17-7-5-10(6-8-17)9-16-13-11(14)3-2-4-12(13)15/h2-4,10,16H,5-9,15H2,1H3. The number of benzene rings is 1. The summed E-state index contributed by atoms with van der Waals surface area (Å²) in [7, 11) is 2.18. The van der Waals surface area contributed by atoms with Crippen LogP contribution in [-0.4, -0.2) is 31.6 Å². The number of nitrogen functional groups attached to an aromatic ring is 1. The minimum atomic E-state index is 0.706. The number of halogens is 1. The van der Waals surface area contributed by atoms with Crippen molar-refractivity contribution < 1.29 is 0 Å². The summed E-state index contributed by atoms with van der Waals surface area (Å²) in [5.41, 5.74) is 7.51. The van der Waals surface area contributed by atoms with Crippen molar-refractivity contribution >= 4 is 23.0 Å². The maximum absolute atomic E-state index is 6.12. The molecule has 3 nitrogen and oxygen atoms in total. The summed E-state index contributed by atoms with van der Waals surface area (Å²) in [6.07, 6.45) is 2.49. The highest BCUT2D eigenvalue weighted by Gasteiger charge is 2.16. The first-order valence-electron chi connectivity index (χ1n) is 6.13. The van der Waals surface area contributed by atoms with E-state index in [0.717, 1.165) is 23.8 Å². The molecule has 4 heteroatoms. The van der Waals surface area contributed by atoms with Crippen molar-refractivity contribution in [3.8, 4) is 0 Å². The van der Waals surface area contributed by atoms with Crippen molar-refractivity contribution in [1.29, 1.82) is 0 Å². The van der Waals surface area contributed by atoms with Gasteiger partial charge in [-0.3, -0.25) is 0 Å². The van der Waals surface area contributed by atoms with Gasteiger partial charge in [0.15, 0.2) is 0 Å². The van der Waals surface area contributed by atoms with Crippen LogP contribution in [0, 0.1) is 5.92 Å². The number of hydrogen-bond donors (Lipinski definition) is 2. The van der Waals surface area contributed by atoms with E-state index in [9.17, 15) is 0 Å².